The van der Waals surface area contributed by atoms with Crippen LogP contribution < -0.4 is 16.1 Å². The van der Waals surface area contributed by atoms with E-state index >= 15 is 0 Å². The van der Waals surface area contributed by atoms with Gasteiger partial charge in [-0.3, -0.25) is 24.5 Å². The lowest BCUT2D eigenvalue weighted by Crippen LogP contribution is -2.61. The van der Waals surface area contributed by atoms with Gasteiger partial charge in [0.15, 0.2) is 6.29 Å². The minimum atomic E-state index is -0.609. The summed E-state index contributed by atoms with van der Waals surface area (Å²) in [6.07, 6.45) is 10.1. The van der Waals surface area contributed by atoms with Crippen LogP contribution in [0.2, 0.25) is 0 Å². The quantitative estimate of drug-likeness (QED) is 0.0839. The number of carbonyl (C=O) groups is 3. The van der Waals surface area contributed by atoms with E-state index in [1.807, 2.05) is 69.3 Å². The number of hydrogen-bond acceptors (Lipinski definition) is 8. The van der Waals surface area contributed by atoms with Crippen molar-refractivity contribution in [3.05, 3.63) is 70.8 Å². The van der Waals surface area contributed by atoms with Crippen LogP contribution in [0.1, 0.15) is 139 Å². The number of hydrogen-bond donors (Lipinski definition) is 5. The van der Waals surface area contributed by atoms with E-state index in [0.29, 0.717) is 44.3 Å². The number of unbranched alkanes of at least 4 members (excludes halogenated alkanes) is 3. The lowest BCUT2D eigenvalue weighted by Gasteiger charge is -2.50. The molecule has 286 valence electrons. The molecule has 0 spiro atoms. The molecule has 2 aliphatic heterocycles. The Morgan fingerprint density at radius 1 is 0.808 bits per heavy atom. The molecule has 1 saturated carbocycles. The van der Waals surface area contributed by atoms with Crippen molar-refractivity contribution in [2.24, 2.45) is 5.92 Å². The third-order valence-electron chi connectivity index (χ3n) is 10.8. The molecule has 2 heterocycles. The van der Waals surface area contributed by atoms with Gasteiger partial charge < -0.3 is 25.2 Å². The van der Waals surface area contributed by atoms with E-state index in [4.69, 9.17) is 14.7 Å². The normalized spacial score (nSPS) is 25.2. The van der Waals surface area contributed by atoms with Gasteiger partial charge in [0.25, 0.3) is 0 Å². The average Bonchev–Trinajstić information content (AvgIpc) is 3.14. The Kier molecular flexibility index (Phi) is 14.6. The fraction of sp³-hybridized carbons (Fsp3) is 0.634. The van der Waals surface area contributed by atoms with Crippen molar-refractivity contribution in [3.63, 3.8) is 0 Å². The van der Waals surface area contributed by atoms with Gasteiger partial charge in [-0.2, -0.15) is 0 Å². The highest BCUT2D eigenvalue weighted by molar-refractivity contribution is 5.82. The van der Waals surface area contributed by atoms with Crippen molar-refractivity contribution in [2.45, 2.75) is 154 Å². The molecule has 3 aliphatic rings. The summed E-state index contributed by atoms with van der Waals surface area (Å²) in [7, 11) is 0. The number of fused-ring (bicyclic) bond motifs is 1. The van der Waals surface area contributed by atoms with Crippen LogP contribution in [0.3, 0.4) is 0 Å². The van der Waals surface area contributed by atoms with Crippen molar-refractivity contribution < 1.29 is 34.2 Å². The predicted molar refractivity (Wildman–Crippen MR) is 198 cm³/mol. The smallest absolute Gasteiger partial charge is 0.243 e. The van der Waals surface area contributed by atoms with Crippen LogP contribution in [-0.2, 0) is 37.0 Å². The fourth-order valence-electron chi connectivity index (χ4n) is 8.06. The molecule has 6 unspecified atom stereocenters. The van der Waals surface area contributed by atoms with E-state index in [1.54, 1.807) is 5.48 Å². The molecule has 5 rings (SSSR count). The van der Waals surface area contributed by atoms with Crippen molar-refractivity contribution in [1.82, 2.24) is 21.0 Å². The second-order valence-electron chi connectivity index (χ2n) is 16.0. The Bertz CT molecular complexity index is 1440. The third kappa shape index (κ3) is 11.6. The van der Waals surface area contributed by atoms with Crippen LogP contribution in [0.5, 0.6) is 0 Å². The SMILES string of the molecule is CC(C)(C)NC(=O)C1CCC2CCCCC2N1CC1CC(c2ccc(CO)cc2)OC(c2ccc(CNC(=O)CCCCCCC(=O)NO)cc2)O1. The number of aliphatic hydroxyl groups excluding tert-OH is 1. The Morgan fingerprint density at radius 3 is 2.13 bits per heavy atom. The molecule has 0 radical (unpaired) electrons. The number of benzene rings is 2. The van der Waals surface area contributed by atoms with Gasteiger partial charge in [-0.05, 0) is 81.9 Å². The van der Waals surface area contributed by atoms with Gasteiger partial charge in [-0.1, -0.05) is 74.2 Å². The maximum Gasteiger partial charge on any atom is 0.243 e. The number of nitrogens with zero attached hydrogens (tertiary/aromatic N) is 1. The van der Waals surface area contributed by atoms with Gasteiger partial charge in [-0.15, -0.1) is 0 Å². The Balaban J connectivity index is 1.25. The molecular formula is C41H60N4O7. The van der Waals surface area contributed by atoms with Gasteiger partial charge in [0.2, 0.25) is 17.7 Å². The molecule has 2 saturated heterocycles. The number of ether oxygens (including phenoxy) is 2. The Hall–Kier alpha value is -3.35. The summed E-state index contributed by atoms with van der Waals surface area (Å²) in [5, 5.41) is 24.5. The molecule has 6 atom stereocenters. The predicted octanol–water partition coefficient (Wildman–Crippen LogP) is 6.12. The maximum atomic E-state index is 13.7. The van der Waals surface area contributed by atoms with E-state index in [2.05, 4.69) is 15.5 Å². The van der Waals surface area contributed by atoms with Gasteiger partial charge in [0.05, 0.1) is 24.9 Å². The first-order valence-electron chi connectivity index (χ1n) is 19.4. The first-order chi connectivity index (χ1) is 25.0. The average molecular weight is 721 g/mol. The first-order valence-corrected chi connectivity index (χ1v) is 19.4. The van der Waals surface area contributed by atoms with Gasteiger partial charge in [0.1, 0.15) is 0 Å². The summed E-state index contributed by atoms with van der Waals surface area (Å²) in [6.45, 7) is 7.16. The summed E-state index contributed by atoms with van der Waals surface area (Å²) >= 11 is 0. The van der Waals surface area contributed by atoms with E-state index in [1.165, 1.54) is 19.3 Å². The lowest BCUT2D eigenvalue weighted by molar-refractivity contribution is -0.255. The summed E-state index contributed by atoms with van der Waals surface area (Å²) in [5.74, 6) is 0.305. The molecule has 52 heavy (non-hydrogen) atoms. The zero-order chi connectivity index (χ0) is 37.1. The van der Waals surface area contributed by atoms with Crippen LogP contribution >= 0.6 is 0 Å². The highest BCUT2D eigenvalue weighted by Crippen LogP contribution is 2.42. The van der Waals surface area contributed by atoms with Gasteiger partial charge >= 0.3 is 0 Å². The van der Waals surface area contributed by atoms with E-state index < -0.39 is 6.29 Å². The number of carbonyl (C=O) groups excluding carboxylic acids is 3. The molecule has 2 aromatic rings. The minimum absolute atomic E-state index is 0.0126. The zero-order valence-corrected chi connectivity index (χ0v) is 31.3. The maximum absolute atomic E-state index is 13.7. The number of nitrogens with one attached hydrogen (secondary N) is 3. The highest BCUT2D eigenvalue weighted by atomic mass is 16.7. The van der Waals surface area contributed by atoms with E-state index in [9.17, 15) is 19.5 Å². The zero-order valence-electron chi connectivity index (χ0n) is 31.3. The molecule has 0 aromatic heterocycles. The summed E-state index contributed by atoms with van der Waals surface area (Å²) in [6, 6.07) is 16.1. The third-order valence-corrected chi connectivity index (χ3v) is 10.8. The topological polar surface area (TPSA) is 149 Å². The second-order valence-corrected chi connectivity index (χ2v) is 16.0. The lowest BCUT2D eigenvalue weighted by atomic mass is 9.75. The molecule has 2 aromatic carbocycles. The van der Waals surface area contributed by atoms with E-state index in [-0.39, 0.29) is 54.5 Å². The molecule has 3 amide bonds. The molecule has 11 heteroatoms. The van der Waals surface area contributed by atoms with E-state index in [0.717, 1.165) is 60.8 Å². The second kappa shape index (κ2) is 19.1. The fourth-order valence-corrected chi connectivity index (χ4v) is 8.06. The van der Waals surface area contributed by atoms with Gasteiger partial charge in [0, 0.05) is 49.5 Å². The number of piperidine rings is 1. The summed E-state index contributed by atoms with van der Waals surface area (Å²) < 4.78 is 13.4. The van der Waals surface area contributed by atoms with Crippen molar-refractivity contribution in [3.8, 4) is 0 Å². The largest absolute Gasteiger partial charge is 0.392 e. The van der Waals surface area contributed by atoms with Crippen LogP contribution in [-0.4, -0.2) is 63.2 Å². The summed E-state index contributed by atoms with van der Waals surface area (Å²) in [4.78, 5) is 39.8. The van der Waals surface area contributed by atoms with Crippen LogP contribution in [0, 0.1) is 5.92 Å². The monoisotopic (exact) mass is 720 g/mol. The molecule has 5 N–H and O–H groups in total. The standard InChI is InChI=1S/C41H60N4O7/c1-41(2,3)43-39(49)35-23-22-30-10-8-9-11-34(30)45(35)26-33-24-36(31-18-16-29(27-46)17-19-31)52-40(51-33)32-20-14-28(15-21-32)25-42-37(47)12-6-4-5-7-13-38(48)44-50/h14-21,30,33-36,40,46,50H,4-13,22-27H2,1-3H3,(H,42,47)(H,43,49)(H,44,48). The number of aliphatic hydroxyl groups is 1. The van der Waals surface area contributed by atoms with Crippen LogP contribution in [0.15, 0.2) is 48.5 Å². The molecular weight excluding hydrogens is 660 g/mol. The molecule has 11 nitrogen and oxygen atoms in total. The molecule has 1 aliphatic carbocycles. The molecule has 3 fully saturated rings. The Morgan fingerprint density at radius 2 is 1.46 bits per heavy atom. The Labute approximate surface area is 309 Å². The number of likely N-dealkylation sites (tertiary alicyclic amines) is 1. The van der Waals surface area contributed by atoms with Crippen molar-refractivity contribution in [2.75, 3.05) is 6.54 Å². The number of hydroxylamine groups is 1. The highest BCUT2D eigenvalue weighted by Gasteiger charge is 2.44. The molecule has 0 bridgehead atoms. The summed E-state index contributed by atoms with van der Waals surface area (Å²) in [5.41, 5.74) is 5.07. The first kappa shape index (κ1) is 39.8. The number of amides is 3. The van der Waals surface area contributed by atoms with Crippen molar-refractivity contribution in [1.29, 1.82) is 0 Å². The van der Waals surface area contributed by atoms with Gasteiger partial charge in [-0.25, -0.2) is 5.48 Å². The van der Waals surface area contributed by atoms with Crippen molar-refractivity contribution >= 4 is 17.7 Å². The van der Waals surface area contributed by atoms with Crippen LogP contribution in [0.25, 0.3) is 0 Å². The van der Waals surface area contributed by atoms with Crippen LogP contribution in [0.4, 0.5) is 0 Å². The minimum Gasteiger partial charge on any atom is -0.392 e. The number of rotatable bonds is 15.